The number of nitrogens with one attached hydrogen (secondary N) is 1. The van der Waals surface area contributed by atoms with E-state index in [4.69, 9.17) is 28.3 Å². The first-order valence-electron chi connectivity index (χ1n) is 22.0. The number of nitrogens with zero attached hydrogens (tertiary/aromatic N) is 7. The van der Waals surface area contributed by atoms with Crippen molar-refractivity contribution in [1.82, 2.24) is 19.5 Å². The molecule has 0 bridgehead atoms. The number of aryl methyl sites for hydroxylation is 1. The number of hydrogen-bond donors (Lipinski definition) is 1. The lowest BCUT2D eigenvalue weighted by atomic mass is 10.0. The molecule has 12 rings (SSSR count). The van der Waals surface area contributed by atoms with Gasteiger partial charge in [0.15, 0.2) is 11.2 Å². The minimum Gasteiger partial charge on any atom is -0.423 e. The maximum atomic E-state index is 13.9. The van der Waals surface area contributed by atoms with Crippen molar-refractivity contribution >= 4 is 90.0 Å². The van der Waals surface area contributed by atoms with E-state index in [-0.39, 0.29) is 11.6 Å². The fourth-order valence-corrected chi connectivity index (χ4v) is 9.40. The highest BCUT2D eigenvalue weighted by Gasteiger charge is 2.26. The third-order valence-corrected chi connectivity index (χ3v) is 12.5. The fourth-order valence-electron chi connectivity index (χ4n) is 9.40. The number of aromatic amines is 1. The fraction of sp³-hybridized carbons (Fsp3) is 0.375. The molecular formula is C48H51F2IN8O4. The summed E-state index contributed by atoms with van der Waals surface area (Å²) >= 11 is 2.29. The zero-order chi connectivity index (χ0) is 43.0. The Morgan fingerprint density at radius 1 is 0.619 bits per heavy atom. The molecular weight excluding hydrogens is 917 g/mol. The number of alkyl halides is 1. The first kappa shape index (κ1) is 41.6. The van der Waals surface area contributed by atoms with E-state index >= 15 is 0 Å². The number of aromatic nitrogens is 4. The summed E-state index contributed by atoms with van der Waals surface area (Å²) in [7, 11) is 0. The second-order valence-corrected chi connectivity index (χ2v) is 17.7. The van der Waals surface area contributed by atoms with E-state index in [9.17, 15) is 8.78 Å². The highest BCUT2D eigenvalue weighted by molar-refractivity contribution is 14.1. The molecule has 0 amide bonds. The highest BCUT2D eigenvalue weighted by Crippen LogP contribution is 2.36. The van der Waals surface area contributed by atoms with Gasteiger partial charge in [0.25, 0.3) is 12.0 Å². The van der Waals surface area contributed by atoms with Crippen molar-refractivity contribution < 1.29 is 27.1 Å². The van der Waals surface area contributed by atoms with Gasteiger partial charge < -0.3 is 47.5 Å². The Balaban J connectivity index is 0.000000141. The normalized spacial score (nSPS) is 16.6. The lowest BCUT2D eigenvalue weighted by molar-refractivity contribution is 0.120. The van der Waals surface area contributed by atoms with Crippen LogP contribution in [-0.4, -0.2) is 89.6 Å². The van der Waals surface area contributed by atoms with E-state index in [1.165, 1.54) is 33.0 Å². The molecule has 4 aliphatic rings. The Morgan fingerprint density at radius 3 is 1.75 bits per heavy atom. The molecule has 4 aromatic heterocycles. The maximum Gasteiger partial charge on any atom is 0.298 e. The van der Waals surface area contributed by atoms with E-state index in [0.29, 0.717) is 38.5 Å². The molecule has 2 saturated heterocycles. The second kappa shape index (κ2) is 18.0. The van der Waals surface area contributed by atoms with Crippen LogP contribution in [-0.2, 0) is 41.9 Å². The van der Waals surface area contributed by atoms with Crippen molar-refractivity contribution in [2.24, 2.45) is 0 Å². The van der Waals surface area contributed by atoms with E-state index in [1.807, 2.05) is 24.3 Å². The van der Waals surface area contributed by atoms with E-state index in [0.717, 1.165) is 127 Å². The first-order chi connectivity index (χ1) is 30.9. The summed E-state index contributed by atoms with van der Waals surface area (Å²) in [6.45, 7) is 14.5. The molecule has 1 N–H and O–H groups in total. The minimum absolute atomic E-state index is 0.179. The average molecular weight is 969 g/mol. The number of anilines is 4. The third kappa shape index (κ3) is 8.30. The monoisotopic (exact) mass is 968 g/mol. The number of ether oxygens (including phenoxy) is 2. The molecule has 2 fully saturated rings. The van der Waals surface area contributed by atoms with E-state index in [2.05, 4.69) is 89.9 Å². The molecule has 8 heterocycles. The van der Waals surface area contributed by atoms with Crippen molar-refractivity contribution in [3.8, 4) is 0 Å². The van der Waals surface area contributed by atoms with Crippen molar-refractivity contribution in [2.75, 3.05) is 89.7 Å². The van der Waals surface area contributed by atoms with Crippen LogP contribution in [0.4, 0.5) is 32.2 Å². The predicted molar refractivity (Wildman–Crippen MR) is 254 cm³/mol. The Hall–Kier alpha value is -5.39. The van der Waals surface area contributed by atoms with Gasteiger partial charge in [0.05, 0.1) is 31.9 Å². The summed E-state index contributed by atoms with van der Waals surface area (Å²) < 4.78 is 53.7. The number of fused-ring (bicyclic) bond motifs is 8. The summed E-state index contributed by atoms with van der Waals surface area (Å²) in [5.41, 5.74) is 12.6. The summed E-state index contributed by atoms with van der Waals surface area (Å²) in [6, 6.07) is 23.9. The number of rotatable bonds is 5. The molecule has 0 spiro atoms. The standard InChI is InChI=1S/C24H25FN4O2.C22H21FN4O2.C2H5I/c1-2-29-21-7-8-28(15-19(21)18-5-3-16(25)13-22(18)29)17-4-6-23-20(14-17)26-24(31-23)27-9-11-30-12-10-27;23-14-1-3-16-17-13-27(6-5-18(17)24-19(16)11-14)15-2-4-21-20(12-15)25-22(29-21)26-7-9-28-10-8-26;1-2-3/h3-6,13-14H,2,7-12,15H2,1H3;1-4,11-12,24H,5-10,13H2;2H2,1H3. The van der Waals surface area contributed by atoms with Crippen LogP contribution in [0.25, 0.3) is 44.0 Å². The van der Waals surface area contributed by atoms with Crippen LogP contribution >= 0.6 is 22.6 Å². The van der Waals surface area contributed by atoms with Gasteiger partial charge in [0, 0.05) is 122 Å². The Kier molecular flexibility index (Phi) is 11.9. The molecule has 328 valence electrons. The summed E-state index contributed by atoms with van der Waals surface area (Å²) in [4.78, 5) is 21.8. The van der Waals surface area contributed by atoms with Crippen LogP contribution < -0.4 is 19.6 Å². The van der Waals surface area contributed by atoms with Gasteiger partial charge in [-0.25, -0.2) is 8.78 Å². The number of morpholine rings is 2. The molecule has 12 nitrogen and oxygen atoms in total. The highest BCUT2D eigenvalue weighted by atomic mass is 127. The smallest absolute Gasteiger partial charge is 0.298 e. The van der Waals surface area contributed by atoms with Crippen molar-refractivity contribution in [1.29, 1.82) is 0 Å². The zero-order valence-corrected chi connectivity index (χ0v) is 37.8. The quantitative estimate of drug-likeness (QED) is 0.133. The lowest BCUT2D eigenvalue weighted by Gasteiger charge is -2.30. The van der Waals surface area contributed by atoms with Gasteiger partial charge in [0.2, 0.25) is 0 Å². The first-order valence-corrected chi connectivity index (χ1v) is 23.5. The van der Waals surface area contributed by atoms with Gasteiger partial charge >= 0.3 is 0 Å². The predicted octanol–water partition coefficient (Wildman–Crippen LogP) is 9.63. The molecule has 15 heteroatoms. The van der Waals surface area contributed by atoms with Crippen LogP contribution in [0.2, 0.25) is 0 Å². The van der Waals surface area contributed by atoms with Crippen LogP contribution in [0.3, 0.4) is 0 Å². The van der Waals surface area contributed by atoms with Crippen LogP contribution in [0, 0.1) is 11.6 Å². The Bertz CT molecular complexity index is 2890. The number of H-pyrrole nitrogens is 1. The number of hydrogen-bond acceptors (Lipinski definition) is 10. The van der Waals surface area contributed by atoms with Crippen molar-refractivity contribution in [3.63, 3.8) is 0 Å². The van der Waals surface area contributed by atoms with Gasteiger partial charge in [-0.3, -0.25) is 0 Å². The molecule has 4 aliphatic heterocycles. The van der Waals surface area contributed by atoms with Crippen molar-refractivity contribution in [3.05, 3.63) is 107 Å². The van der Waals surface area contributed by atoms with Gasteiger partial charge in [-0.05, 0) is 84.1 Å². The SMILES string of the molecule is CCI.CCn1c2c(c3ccc(F)cc31)CN(c1ccc3oc(N4CCOCC4)nc3c1)CC2.Fc1ccc2c3c([nH]c2c1)CCN(c1ccc2oc(N4CCOCC4)nc2c1)C3. The van der Waals surface area contributed by atoms with Crippen molar-refractivity contribution in [2.45, 2.75) is 46.3 Å². The molecule has 0 saturated carbocycles. The third-order valence-electron chi connectivity index (χ3n) is 12.5. The molecule has 4 aromatic carbocycles. The molecule has 63 heavy (non-hydrogen) atoms. The van der Waals surface area contributed by atoms with E-state index in [1.54, 1.807) is 18.2 Å². The molecule has 0 aliphatic carbocycles. The zero-order valence-electron chi connectivity index (χ0n) is 35.6. The topological polar surface area (TPSA) is 104 Å². The van der Waals surface area contributed by atoms with Crippen LogP contribution in [0.5, 0.6) is 0 Å². The molecule has 0 unspecified atom stereocenters. The van der Waals surface area contributed by atoms with Crippen LogP contribution in [0.1, 0.15) is 36.4 Å². The molecule has 8 aromatic rings. The Morgan fingerprint density at radius 2 is 1.16 bits per heavy atom. The van der Waals surface area contributed by atoms with Gasteiger partial charge in [-0.15, -0.1) is 0 Å². The number of halogens is 3. The van der Waals surface area contributed by atoms with Gasteiger partial charge in [-0.2, -0.15) is 9.97 Å². The van der Waals surface area contributed by atoms with Gasteiger partial charge in [0.1, 0.15) is 22.7 Å². The van der Waals surface area contributed by atoms with E-state index < -0.39 is 0 Å². The van der Waals surface area contributed by atoms with Crippen LogP contribution in [0.15, 0.2) is 81.6 Å². The lowest BCUT2D eigenvalue weighted by Crippen LogP contribution is -2.36. The maximum absolute atomic E-state index is 13.9. The average Bonchev–Trinajstić information content (AvgIpc) is 4.10. The summed E-state index contributed by atoms with van der Waals surface area (Å²) in [6.07, 6.45) is 1.84. The number of benzene rings is 4. The number of oxazole rings is 2. The summed E-state index contributed by atoms with van der Waals surface area (Å²) in [5, 5.41) is 2.25. The molecule has 0 atom stereocenters. The summed E-state index contributed by atoms with van der Waals surface area (Å²) in [5.74, 6) is -0.387. The molecule has 0 radical (unpaired) electrons. The Labute approximate surface area is 377 Å². The largest absolute Gasteiger partial charge is 0.423 e. The minimum atomic E-state index is -0.208. The second-order valence-electron chi connectivity index (χ2n) is 16.2. The van der Waals surface area contributed by atoms with Gasteiger partial charge in [-0.1, -0.05) is 29.5 Å².